The molecular weight excluding hydrogens is 200 g/mol. The molecule has 0 amide bonds. The maximum Gasteiger partial charge on any atom is 0.335 e. The standard InChI is InChI=1S/C11H13ClO2/c1-7(2)5-8-3-4-9(11(13)14)6-10(8)12/h3-4,6-7H,5H2,1-2H3,(H,13,14). The van der Waals surface area contributed by atoms with E-state index in [0.717, 1.165) is 12.0 Å². The molecule has 0 bridgehead atoms. The summed E-state index contributed by atoms with van der Waals surface area (Å²) in [5, 5.41) is 9.26. The van der Waals surface area contributed by atoms with Crippen LogP contribution in [0.3, 0.4) is 0 Å². The lowest BCUT2D eigenvalue weighted by atomic mass is 10.0. The van der Waals surface area contributed by atoms with Crippen LogP contribution in [-0.4, -0.2) is 11.1 Å². The number of benzene rings is 1. The van der Waals surface area contributed by atoms with Crippen molar-refractivity contribution in [3.8, 4) is 0 Å². The second kappa shape index (κ2) is 4.47. The van der Waals surface area contributed by atoms with Gasteiger partial charge in [0.15, 0.2) is 0 Å². The largest absolute Gasteiger partial charge is 0.478 e. The molecule has 1 rings (SSSR count). The molecular formula is C11H13ClO2. The van der Waals surface area contributed by atoms with Crippen molar-refractivity contribution in [2.45, 2.75) is 20.3 Å². The van der Waals surface area contributed by atoms with Gasteiger partial charge in [-0.1, -0.05) is 31.5 Å². The molecule has 0 saturated carbocycles. The van der Waals surface area contributed by atoms with Crippen LogP contribution in [-0.2, 0) is 6.42 Å². The summed E-state index contributed by atoms with van der Waals surface area (Å²) in [5.41, 5.74) is 1.24. The molecule has 1 aromatic carbocycles. The maximum atomic E-state index is 10.6. The Balaban J connectivity index is 2.95. The molecule has 0 heterocycles. The Bertz CT molecular complexity index is 345. The van der Waals surface area contributed by atoms with Crippen molar-refractivity contribution in [2.24, 2.45) is 5.92 Å². The highest BCUT2D eigenvalue weighted by Crippen LogP contribution is 2.20. The first-order chi connectivity index (χ1) is 6.50. The van der Waals surface area contributed by atoms with Crippen LogP contribution in [0, 0.1) is 5.92 Å². The number of hydrogen-bond donors (Lipinski definition) is 1. The summed E-state index contributed by atoms with van der Waals surface area (Å²) in [7, 11) is 0. The number of rotatable bonds is 3. The minimum Gasteiger partial charge on any atom is -0.478 e. The van der Waals surface area contributed by atoms with E-state index in [0.29, 0.717) is 10.9 Å². The highest BCUT2D eigenvalue weighted by molar-refractivity contribution is 6.31. The lowest BCUT2D eigenvalue weighted by molar-refractivity contribution is 0.0697. The number of carboxylic acids is 1. The van der Waals surface area contributed by atoms with E-state index in [2.05, 4.69) is 13.8 Å². The monoisotopic (exact) mass is 212 g/mol. The molecule has 0 atom stereocenters. The second-order valence-electron chi connectivity index (χ2n) is 3.71. The van der Waals surface area contributed by atoms with Gasteiger partial charge in [0, 0.05) is 5.02 Å². The maximum absolute atomic E-state index is 10.6. The SMILES string of the molecule is CC(C)Cc1ccc(C(=O)O)cc1Cl. The van der Waals surface area contributed by atoms with Gasteiger partial charge in [0.05, 0.1) is 5.56 Å². The van der Waals surface area contributed by atoms with Crippen molar-refractivity contribution in [1.82, 2.24) is 0 Å². The Morgan fingerprint density at radius 2 is 2.14 bits per heavy atom. The predicted molar refractivity (Wildman–Crippen MR) is 57.0 cm³/mol. The number of halogens is 1. The molecule has 0 saturated heterocycles. The molecule has 76 valence electrons. The molecule has 0 aromatic heterocycles. The van der Waals surface area contributed by atoms with Crippen LogP contribution in [0.25, 0.3) is 0 Å². The van der Waals surface area contributed by atoms with Crippen molar-refractivity contribution in [3.05, 3.63) is 34.3 Å². The van der Waals surface area contributed by atoms with Gasteiger partial charge >= 0.3 is 5.97 Å². The molecule has 0 aliphatic carbocycles. The van der Waals surface area contributed by atoms with Crippen molar-refractivity contribution in [3.63, 3.8) is 0 Å². The third-order valence-corrected chi connectivity index (χ3v) is 2.28. The van der Waals surface area contributed by atoms with Crippen molar-refractivity contribution in [2.75, 3.05) is 0 Å². The molecule has 2 nitrogen and oxygen atoms in total. The van der Waals surface area contributed by atoms with Crippen LogP contribution in [0.15, 0.2) is 18.2 Å². The fraction of sp³-hybridized carbons (Fsp3) is 0.364. The quantitative estimate of drug-likeness (QED) is 0.835. The van der Waals surface area contributed by atoms with Gasteiger partial charge in [-0.05, 0) is 30.0 Å². The fourth-order valence-electron chi connectivity index (χ4n) is 1.29. The summed E-state index contributed by atoms with van der Waals surface area (Å²) < 4.78 is 0. The highest BCUT2D eigenvalue weighted by Gasteiger charge is 2.07. The van der Waals surface area contributed by atoms with Gasteiger partial charge in [-0.2, -0.15) is 0 Å². The Kier molecular flexibility index (Phi) is 3.53. The molecule has 14 heavy (non-hydrogen) atoms. The second-order valence-corrected chi connectivity index (χ2v) is 4.12. The van der Waals surface area contributed by atoms with Crippen LogP contribution >= 0.6 is 11.6 Å². The van der Waals surface area contributed by atoms with E-state index in [1.54, 1.807) is 12.1 Å². The van der Waals surface area contributed by atoms with Gasteiger partial charge < -0.3 is 5.11 Å². The van der Waals surface area contributed by atoms with Gasteiger partial charge in [-0.15, -0.1) is 0 Å². The van der Waals surface area contributed by atoms with Crippen LogP contribution < -0.4 is 0 Å². The minimum absolute atomic E-state index is 0.238. The molecule has 0 fully saturated rings. The fourth-order valence-corrected chi connectivity index (χ4v) is 1.54. The van der Waals surface area contributed by atoms with Gasteiger partial charge in [0.2, 0.25) is 0 Å². The number of hydrogen-bond acceptors (Lipinski definition) is 1. The van der Waals surface area contributed by atoms with E-state index in [1.165, 1.54) is 6.07 Å². The minimum atomic E-state index is -0.942. The summed E-state index contributed by atoms with van der Waals surface area (Å²) in [5.74, 6) is -0.425. The van der Waals surface area contributed by atoms with Crippen LogP contribution in [0.5, 0.6) is 0 Å². The molecule has 0 aliphatic rings. The third kappa shape index (κ3) is 2.74. The number of aromatic carboxylic acids is 1. The first-order valence-electron chi connectivity index (χ1n) is 4.52. The number of carbonyl (C=O) groups is 1. The average Bonchev–Trinajstić information content (AvgIpc) is 2.07. The van der Waals surface area contributed by atoms with Gasteiger partial charge in [-0.25, -0.2) is 4.79 Å². The molecule has 0 aliphatic heterocycles. The Labute approximate surface area is 88.5 Å². The van der Waals surface area contributed by atoms with Crippen molar-refractivity contribution in [1.29, 1.82) is 0 Å². The van der Waals surface area contributed by atoms with Gasteiger partial charge in [-0.3, -0.25) is 0 Å². The lowest BCUT2D eigenvalue weighted by Gasteiger charge is -2.07. The van der Waals surface area contributed by atoms with Crippen molar-refractivity contribution >= 4 is 17.6 Å². The Morgan fingerprint density at radius 1 is 1.50 bits per heavy atom. The Hall–Kier alpha value is -1.02. The van der Waals surface area contributed by atoms with Crippen molar-refractivity contribution < 1.29 is 9.90 Å². The predicted octanol–water partition coefficient (Wildman–Crippen LogP) is 3.24. The zero-order valence-electron chi connectivity index (χ0n) is 8.25. The number of carboxylic acid groups (broad SMARTS) is 1. The molecule has 0 unspecified atom stereocenters. The van der Waals surface area contributed by atoms with Crippen LogP contribution in [0.4, 0.5) is 0 Å². The van der Waals surface area contributed by atoms with E-state index < -0.39 is 5.97 Å². The summed E-state index contributed by atoms with van der Waals surface area (Å²) in [6.45, 7) is 4.20. The van der Waals surface area contributed by atoms with E-state index >= 15 is 0 Å². The summed E-state index contributed by atoms with van der Waals surface area (Å²) in [6, 6.07) is 4.87. The third-order valence-electron chi connectivity index (χ3n) is 1.93. The zero-order chi connectivity index (χ0) is 10.7. The topological polar surface area (TPSA) is 37.3 Å². The first kappa shape index (κ1) is 11.1. The van der Waals surface area contributed by atoms with Gasteiger partial charge in [0.25, 0.3) is 0 Å². The zero-order valence-corrected chi connectivity index (χ0v) is 9.01. The average molecular weight is 213 g/mol. The van der Waals surface area contributed by atoms with Gasteiger partial charge in [0.1, 0.15) is 0 Å². The first-order valence-corrected chi connectivity index (χ1v) is 4.90. The molecule has 0 radical (unpaired) electrons. The molecule has 3 heteroatoms. The molecule has 1 aromatic rings. The van der Waals surface area contributed by atoms with E-state index in [1.807, 2.05) is 0 Å². The van der Waals surface area contributed by atoms with E-state index in [-0.39, 0.29) is 5.56 Å². The van der Waals surface area contributed by atoms with Crippen LogP contribution in [0.1, 0.15) is 29.8 Å². The van der Waals surface area contributed by atoms with Crippen LogP contribution in [0.2, 0.25) is 5.02 Å². The van der Waals surface area contributed by atoms with E-state index in [4.69, 9.17) is 16.7 Å². The highest BCUT2D eigenvalue weighted by atomic mass is 35.5. The smallest absolute Gasteiger partial charge is 0.335 e. The van der Waals surface area contributed by atoms with E-state index in [9.17, 15) is 4.79 Å². The molecule has 1 N–H and O–H groups in total. The lowest BCUT2D eigenvalue weighted by Crippen LogP contribution is -1.99. The normalized spacial score (nSPS) is 10.6. The summed E-state index contributed by atoms with van der Waals surface area (Å²) in [6.07, 6.45) is 0.874. The summed E-state index contributed by atoms with van der Waals surface area (Å²) in [4.78, 5) is 10.6. The Morgan fingerprint density at radius 3 is 2.57 bits per heavy atom. The summed E-state index contributed by atoms with van der Waals surface area (Å²) >= 11 is 5.95. The molecule has 0 spiro atoms.